The van der Waals surface area contributed by atoms with Gasteiger partial charge in [-0.1, -0.05) is 36.4 Å². The van der Waals surface area contributed by atoms with Crippen molar-refractivity contribution in [3.63, 3.8) is 0 Å². The minimum Gasteiger partial charge on any atom is -0.466 e. The minimum absolute atomic E-state index is 0.0234. The summed E-state index contributed by atoms with van der Waals surface area (Å²) in [7, 11) is 0. The molecule has 1 saturated heterocycles. The molecule has 186 valence electrons. The van der Waals surface area contributed by atoms with Crippen LogP contribution in [0.5, 0.6) is 0 Å². The van der Waals surface area contributed by atoms with E-state index in [0.29, 0.717) is 37.7 Å². The van der Waals surface area contributed by atoms with E-state index in [-0.39, 0.29) is 29.9 Å². The Morgan fingerprint density at radius 1 is 1.11 bits per heavy atom. The zero-order chi connectivity index (χ0) is 24.8. The summed E-state index contributed by atoms with van der Waals surface area (Å²) >= 11 is 0. The third kappa shape index (κ3) is 6.19. The molecule has 0 bridgehead atoms. The van der Waals surface area contributed by atoms with Crippen molar-refractivity contribution in [1.82, 2.24) is 5.32 Å². The number of cyclic esters (lactones) is 1. The third-order valence-electron chi connectivity index (χ3n) is 6.86. The van der Waals surface area contributed by atoms with Crippen molar-refractivity contribution in [2.24, 2.45) is 11.7 Å². The molecule has 1 aliphatic heterocycles. The van der Waals surface area contributed by atoms with Gasteiger partial charge in [0.05, 0.1) is 19.1 Å². The molecular formula is C27H34N4O4. The van der Waals surface area contributed by atoms with E-state index in [1.807, 2.05) is 43.3 Å². The monoisotopic (exact) mass is 478 g/mol. The zero-order valence-corrected chi connectivity index (χ0v) is 20.2. The summed E-state index contributed by atoms with van der Waals surface area (Å²) in [6, 6.07) is 15.7. The van der Waals surface area contributed by atoms with E-state index in [2.05, 4.69) is 17.4 Å². The number of benzene rings is 2. The van der Waals surface area contributed by atoms with Gasteiger partial charge in [0.1, 0.15) is 11.9 Å². The van der Waals surface area contributed by atoms with Crippen LogP contribution in [-0.4, -0.2) is 43.7 Å². The van der Waals surface area contributed by atoms with Gasteiger partial charge in [-0.05, 0) is 61.8 Å². The van der Waals surface area contributed by atoms with Gasteiger partial charge in [0, 0.05) is 24.3 Å². The smallest absolute Gasteiger partial charge is 0.414 e. The number of esters is 1. The third-order valence-corrected chi connectivity index (χ3v) is 6.86. The summed E-state index contributed by atoms with van der Waals surface area (Å²) in [5.41, 5.74) is 9.34. The molecule has 0 unspecified atom stereocenters. The van der Waals surface area contributed by atoms with Crippen LogP contribution < -0.4 is 16.0 Å². The summed E-state index contributed by atoms with van der Waals surface area (Å²) < 4.78 is 10.7. The van der Waals surface area contributed by atoms with Crippen LogP contribution in [0.4, 0.5) is 10.5 Å². The van der Waals surface area contributed by atoms with E-state index in [9.17, 15) is 9.59 Å². The lowest BCUT2D eigenvalue weighted by Crippen LogP contribution is -2.30. The van der Waals surface area contributed by atoms with Gasteiger partial charge in [0.15, 0.2) is 0 Å². The number of carbonyl (C=O) groups excluding carboxylic acids is 2. The molecule has 1 saturated carbocycles. The van der Waals surface area contributed by atoms with Crippen molar-refractivity contribution < 1.29 is 19.1 Å². The molecule has 8 nitrogen and oxygen atoms in total. The second kappa shape index (κ2) is 11.4. The molecule has 1 heterocycles. The largest absolute Gasteiger partial charge is 0.466 e. The lowest BCUT2D eigenvalue weighted by Gasteiger charge is -2.27. The van der Waals surface area contributed by atoms with Crippen molar-refractivity contribution in [3.8, 4) is 0 Å². The molecule has 35 heavy (non-hydrogen) atoms. The fraction of sp³-hybridized carbons (Fsp3) is 0.444. The molecule has 4 rings (SSSR count). The standard InChI is InChI=1S/C27H34N4O4/c1-2-34-26(32)22-9-7-19(8-10-22)20-11-13-23(14-12-20)31-17-24(35-27(31)33)16-30-15-18-3-5-21(6-4-18)25(28)29/h3-6,11-14,19,22,24,30H,2,7-10,15-17H2,1H3,(H3,28,29)/t19?,22?,24-/m1/s1. The molecule has 0 radical (unpaired) electrons. The number of rotatable bonds is 9. The average molecular weight is 479 g/mol. The van der Waals surface area contributed by atoms with Crippen LogP contribution >= 0.6 is 0 Å². The van der Waals surface area contributed by atoms with E-state index in [4.69, 9.17) is 20.6 Å². The molecule has 4 N–H and O–H groups in total. The van der Waals surface area contributed by atoms with Gasteiger partial charge in [-0.25, -0.2) is 4.79 Å². The summed E-state index contributed by atoms with van der Waals surface area (Å²) in [5.74, 6) is 0.442. The molecule has 2 fully saturated rings. The number of amides is 1. The van der Waals surface area contributed by atoms with Gasteiger partial charge in [0.2, 0.25) is 0 Å². The fourth-order valence-electron chi connectivity index (χ4n) is 4.87. The van der Waals surface area contributed by atoms with Gasteiger partial charge in [-0.3, -0.25) is 15.1 Å². The van der Waals surface area contributed by atoms with Crippen molar-refractivity contribution in [3.05, 3.63) is 65.2 Å². The van der Waals surface area contributed by atoms with Gasteiger partial charge in [-0.15, -0.1) is 0 Å². The predicted molar refractivity (Wildman–Crippen MR) is 135 cm³/mol. The Labute approximate surface area is 206 Å². The van der Waals surface area contributed by atoms with E-state index >= 15 is 0 Å². The van der Waals surface area contributed by atoms with Crippen molar-refractivity contribution in [2.75, 3.05) is 24.6 Å². The van der Waals surface area contributed by atoms with Crippen molar-refractivity contribution in [1.29, 1.82) is 5.41 Å². The van der Waals surface area contributed by atoms with Crippen LogP contribution in [0, 0.1) is 11.3 Å². The summed E-state index contributed by atoms with van der Waals surface area (Å²) in [6.07, 6.45) is 3.11. The minimum atomic E-state index is -0.328. The van der Waals surface area contributed by atoms with Crippen LogP contribution in [0.25, 0.3) is 0 Å². The molecule has 2 aliphatic rings. The first-order valence-corrected chi connectivity index (χ1v) is 12.3. The quantitative estimate of drug-likeness (QED) is 0.286. The van der Waals surface area contributed by atoms with E-state index < -0.39 is 0 Å². The number of carbonyl (C=O) groups is 2. The highest BCUT2D eigenvalue weighted by atomic mass is 16.6. The summed E-state index contributed by atoms with van der Waals surface area (Å²) in [5, 5.41) is 10.8. The molecular weight excluding hydrogens is 444 g/mol. The number of nitrogens with zero attached hydrogens (tertiary/aromatic N) is 1. The number of ether oxygens (including phenoxy) is 2. The van der Waals surface area contributed by atoms with Crippen molar-refractivity contribution >= 4 is 23.6 Å². The molecule has 1 aliphatic carbocycles. The molecule has 1 amide bonds. The molecule has 0 aromatic heterocycles. The maximum Gasteiger partial charge on any atom is 0.414 e. The Balaban J connectivity index is 1.25. The maximum absolute atomic E-state index is 12.5. The Kier molecular flexibility index (Phi) is 8.02. The number of amidine groups is 1. The molecule has 0 spiro atoms. The fourth-order valence-corrected chi connectivity index (χ4v) is 4.87. The van der Waals surface area contributed by atoms with Gasteiger partial charge in [0.25, 0.3) is 0 Å². The molecule has 2 aromatic rings. The lowest BCUT2D eigenvalue weighted by atomic mass is 9.78. The van der Waals surface area contributed by atoms with Crippen LogP contribution in [-0.2, 0) is 20.8 Å². The predicted octanol–water partition coefficient (Wildman–Crippen LogP) is 3.92. The number of nitrogen functional groups attached to an aromatic ring is 1. The summed E-state index contributed by atoms with van der Waals surface area (Å²) in [6.45, 7) is 3.97. The lowest BCUT2D eigenvalue weighted by molar-refractivity contribution is -0.149. The first kappa shape index (κ1) is 24.7. The highest BCUT2D eigenvalue weighted by Crippen LogP contribution is 2.37. The Hall–Kier alpha value is -3.39. The van der Waals surface area contributed by atoms with E-state index in [1.165, 1.54) is 5.56 Å². The second-order valence-corrected chi connectivity index (χ2v) is 9.25. The first-order valence-electron chi connectivity index (χ1n) is 12.3. The van der Waals surface area contributed by atoms with Crippen molar-refractivity contribution in [2.45, 2.75) is 51.2 Å². The SMILES string of the molecule is CCOC(=O)C1CCC(c2ccc(N3C[C@@H](CNCc4ccc(C(=N)N)cc4)OC3=O)cc2)CC1. The number of anilines is 1. The highest BCUT2D eigenvalue weighted by Gasteiger charge is 2.32. The van der Waals surface area contributed by atoms with E-state index in [0.717, 1.165) is 36.9 Å². The average Bonchev–Trinajstić information content (AvgIpc) is 3.25. The van der Waals surface area contributed by atoms with Gasteiger partial charge >= 0.3 is 12.1 Å². The number of hydrogen-bond donors (Lipinski definition) is 3. The zero-order valence-electron chi connectivity index (χ0n) is 20.2. The Morgan fingerprint density at radius 2 is 1.80 bits per heavy atom. The summed E-state index contributed by atoms with van der Waals surface area (Å²) in [4.78, 5) is 26.1. The van der Waals surface area contributed by atoms with Crippen LogP contribution in [0.15, 0.2) is 48.5 Å². The van der Waals surface area contributed by atoms with E-state index in [1.54, 1.807) is 4.90 Å². The topological polar surface area (TPSA) is 118 Å². The number of hydrogen-bond acceptors (Lipinski definition) is 6. The Bertz CT molecular complexity index is 1030. The normalized spacial score (nSPS) is 22.0. The maximum atomic E-state index is 12.5. The molecule has 2 aromatic carbocycles. The molecule has 1 atom stereocenters. The van der Waals surface area contributed by atoms with Crippen LogP contribution in [0.2, 0.25) is 0 Å². The molecule has 8 heteroatoms. The Morgan fingerprint density at radius 3 is 2.43 bits per heavy atom. The van der Waals surface area contributed by atoms with Gasteiger partial charge in [-0.2, -0.15) is 0 Å². The van der Waals surface area contributed by atoms with Crippen LogP contribution in [0.1, 0.15) is 55.2 Å². The first-order chi connectivity index (χ1) is 16.9. The second-order valence-electron chi connectivity index (χ2n) is 9.25. The van der Waals surface area contributed by atoms with Gasteiger partial charge < -0.3 is 20.5 Å². The number of nitrogens with one attached hydrogen (secondary N) is 2. The highest BCUT2D eigenvalue weighted by molar-refractivity contribution is 5.94. The van der Waals surface area contributed by atoms with Crippen LogP contribution in [0.3, 0.4) is 0 Å². The number of nitrogens with two attached hydrogens (primary N) is 1.